The highest BCUT2D eigenvalue weighted by molar-refractivity contribution is 5.94. The molecule has 1 aliphatic heterocycles. The first kappa shape index (κ1) is 20.1. The molecule has 0 bridgehead atoms. The van der Waals surface area contributed by atoms with Crippen LogP contribution in [0.4, 0.5) is 10.1 Å². The lowest BCUT2D eigenvalue weighted by Gasteiger charge is -2.33. The molecule has 1 fully saturated rings. The van der Waals surface area contributed by atoms with Crippen LogP contribution in [-0.4, -0.2) is 39.7 Å². The van der Waals surface area contributed by atoms with Crippen LogP contribution in [0.2, 0.25) is 0 Å². The van der Waals surface area contributed by atoms with Gasteiger partial charge in [-0.15, -0.1) is 0 Å². The van der Waals surface area contributed by atoms with Gasteiger partial charge in [0.05, 0.1) is 12.2 Å². The van der Waals surface area contributed by atoms with Crippen molar-refractivity contribution >= 4 is 11.6 Å². The van der Waals surface area contributed by atoms with E-state index in [2.05, 4.69) is 16.5 Å². The van der Waals surface area contributed by atoms with E-state index in [9.17, 15) is 9.18 Å². The van der Waals surface area contributed by atoms with Crippen LogP contribution in [0.25, 0.3) is 0 Å². The summed E-state index contributed by atoms with van der Waals surface area (Å²) in [5, 5.41) is 7.85. The molecule has 1 N–H and O–H groups in total. The molecule has 30 heavy (non-hydrogen) atoms. The molecular formula is C24H27FN4O. The molecule has 1 aromatic heterocycles. The molecule has 6 heteroatoms. The number of rotatable bonds is 5. The average Bonchev–Trinajstić information content (AvgIpc) is 3.05. The van der Waals surface area contributed by atoms with Crippen LogP contribution in [0.5, 0.6) is 0 Å². The van der Waals surface area contributed by atoms with Crippen LogP contribution in [0, 0.1) is 19.7 Å². The number of carbonyl (C=O) groups is 1. The summed E-state index contributed by atoms with van der Waals surface area (Å²) in [6.45, 7) is 6.08. The molecule has 0 aliphatic carbocycles. The average molecular weight is 407 g/mol. The minimum atomic E-state index is -0.260. The molecule has 1 amide bonds. The normalized spacial score (nSPS) is 16.5. The molecule has 0 spiro atoms. The number of aryl methyl sites for hydroxylation is 2. The van der Waals surface area contributed by atoms with Gasteiger partial charge < -0.3 is 10.2 Å². The summed E-state index contributed by atoms with van der Waals surface area (Å²) in [6.07, 6.45) is 1.89. The zero-order valence-corrected chi connectivity index (χ0v) is 17.4. The summed E-state index contributed by atoms with van der Waals surface area (Å²) in [5.74, 6) is -0.220. The fourth-order valence-electron chi connectivity index (χ4n) is 4.04. The van der Waals surface area contributed by atoms with Gasteiger partial charge in [-0.3, -0.25) is 9.48 Å². The maximum atomic E-state index is 13.4. The number of anilines is 1. The molecule has 2 heterocycles. The number of carbonyl (C=O) groups excluding carboxylic acids is 1. The standard InChI is InChI=1S/C24H27FN4O/c1-17-13-18(2)29(27-17)15-19-8-10-20(11-9-19)24(30)28-12-4-7-23(16-28)26-22-6-3-5-21(25)14-22/h3,5-6,8-11,13-14,23,26H,4,7,12,15-16H2,1-2H3/t23-/m0/s1. The summed E-state index contributed by atoms with van der Waals surface area (Å²) in [6, 6.07) is 16.4. The van der Waals surface area contributed by atoms with Gasteiger partial charge in [0.25, 0.3) is 5.91 Å². The van der Waals surface area contributed by atoms with E-state index in [1.54, 1.807) is 6.07 Å². The molecule has 0 unspecified atom stereocenters. The van der Waals surface area contributed by atoms with Crippen molar-refractivity contribution in [1.82, 2.24) is 14.7 Å². The molecule has 2 aromatic carbocycles. The summed E-state index contributed by atoms with van der Waals surface area (Å²) >= 11 is 0. The Morgan fingerprint density at radius 2 is 1.97 bits per heavy atom. The van der Waals surface area contributed by atoms with Crippen molar-refractivity contribution in [3.63, 3.8) is 0 Å². The Morgan fingerprint density at radius 3 is 2.67 bits per heavy atom. The second-order valence-corrected chi connectivity index (χ2v) is 8.03. The Hall–Kier alpha value is -3.15. The van der Waals surface area contributed by atoms with Crippen molar-refractivity contribution in [1.29, 1.82) is 0 Å². The highest BCUT2D eigenvalue weighted by atomic mass is 19.1. The quantitative estimate of drug-likeness (QED) is 0.683. The number of nitrogens with one attached hydrogen (secondary N) is 1. The molecule has 1 saturated heterocycles. The minimum absolute atomic E-state index is 0.0402. The van der Waals surface area contributed by atoms with Crippen LogP contribution in [0.3, 0.4) is 0 Å². The summed E-state index contributed by atoms with van der Waals surface area (Å²) in [5.41, 5.74) is 4.69. The summed E-state index contributed by atoms with van der Waals surface area (Å²) in [4.78, 5) is 14.9. The Labute approximate surface area is 176 Å². The predicted molar refractivity (Wildman–Crippen MR) is 116 cm³/mol. The molecule has 0 radical (unpaired) electrons. The van der Waals surface area contributed by atoms with Gasteiger partial charge in [-0.25, -0.2) is 4.39 Å². The zero-order valence-electron chi connectivity index (χ0n) is 17.4. The van der Waals surface area contributed by atoms with Crippen LogP contribution in [0.15, 0.2) is 54.6 Å². The van der Waals surface area contributed by atoms with Crippen molar-refractivity contribution < 1.29 is 9.18 Å². The molecule has 1 atom stereocenters. The van der Waals surface area contributed by atoms with Gasteiger partial charge in [0.1, 0.15) is 5.82 Å². The highest BCUT2D eigenvalue weighted by Gasteiger charge is 2.24. The fourth-order valence-corrected chi connectivity index (χ4v) is 4.04. The van der Waals surface area contributed by atoms with Crippen LogP contribution < -0.4 is 5.32 Å². The first-order valence-electron chi connectivity index (χ1n) is 10.4. The number of amides is 1. The highest BCUT2D eigenvalue weighted by Crippen LogP contribution is 2.19. The molecule has 3 aromatic rings. The third-order valence-electron chi connectivity index (χ3n) is 5.54. The number of benzene rings is 2. The van der Waals surface area contributed by atoms with Crippen LogP contribution >= 0.6 is 0 Å². The third-order valence-corrected chi connectivity index (χ3v) is 5.54. The van der Waals surface area contributed by atoms with Gasteiger partial charge >= 0.3 is 0 Å². The van der Waals surface area contributed by atoms with E-state index in [1.165, 1.54) is 12.1 Å². The van der Waals surface area contributed by atoms with Crippen molar-refractivity contribution in [2.24, 2.45) is 0 Å². The van der Waals surface area contributed by atoms with E-state index in [4.69, 9.17) is 0 Å². The Morgan fingerprint density at radius 1 is 1.17 bits per heavy atom. The molecule has 4 rings (SSSR count). The lowest BCUT2D eigenvalue weighted by atomic mass is 10.0. The Bertz CT molecular complexity index is 1030. The van der Waals surface area contributed by atoms with Crippen molar-refractivity contribution in [3.8, 4) is 0 Å². The van der Waals surface area contributed by atoms with Gasteiger partial charge in [0, 0.05) is 36.1 Å². The Kier molecular flexibility index (Phi) is 5.84. The fraction of sp³-hybridized carbons (Fsp3) is 0.333. The lowest BCUT2D eigenvalue weighted by Crippen LogP contribution is -2.45. The summed E-state index contributed by atoms with van der Waals surface area (Å²) < 4.78 is 15.4. The molecule has 0 saturated carbocycles. The number of aromatic nitrogens is 2. The van der Waals surface area contributed by atoms with Crippen LogP contribution in [-0.2, 0) is 6.54 Å². The topological polar surface area (TPSA) is 50.2 Å². The van der Waals surface area contributed by atoms with Crippen molar-refractivity contribution in [2.45, 2.75) is 39.3 Å². The second kappa shape index (κ2) is 8.69. The third kappa shape index (κ3) is 4.70. The van der Waals surface area contributed by atoms with Crippen molar-refractivity contribution in [3.05, 3.63) is 82.9 Å². The monoisotopic (exact) mass is 406 g/mol. The lowest BCUT2D eigenvalue weighted by molar-refractivity contribution is 0.0715. The number of hydrogen-bond donors (Lipinski definition) is 1. The largest absolute Gasteiger partial charge is 0.380 e. The maximum absolute atomic E-state index is 13.4. The minimum Gasteiger partial charge on any atom is -0.380 e. The van der Waals surface area contributed by atoms with E-state index in [0.29, 0.717) is 18.7 Å². The molecule has 156 valence electrons. The maximum Gasteiger partial charge on any atom is 0.253 e. The van der Waals surface area contributed by atoms with Gasteiger partial charge in [-0.2, -0.15) is 5.10 Å². The Balaban J connectivity index is 1.39. The van der Waals surface area contributed by atoms with E-state index < -0.39 is 0 Å². The molecule has 5 nitrogen and oxygen atoms in total. The number of likely N-dealkylation sites (tertiary alicyclic amines) is 1. The van der Waals surface area contributed by atoms with Gasteiger partial charge in [0.15, 0.2) is 0 Å². The predicted octanol–water partition coefficient (Wildman–Crippen LogP) is 4.40. The van der Waals surface area contributed by atoms with Crippen LogP contribution in [0.1, 0.15) is 40.2 Å². The van der Waals surface area contributed by atoms with E-state index >= 15 is 0 Å². The van der Waals surface area contributed by atoms with Gasteiger partial charge in [0.2, 0.25) is 0 Å². The number of nitrogens with zero attached hydrogens (tertiary/aromatic N) is 3. The molecule has 1 aliphatic rings. The first-order valence-corrected chi connectivity index (χ1v) is 10.4. The molecular weight excluding hydrogens is 379 g/mol. The zero-order chi connectivity index (χ0) is 21.1. The number of piperidine rings is 1. The van der Waals surface area contributed by atoms with Crippen molar-refractivity contribution in [2.75, 3.05) is 18.4 Å². The smallest absolute Gasteiger partial charge is 0.253 e. The van der Waals surface area contributed by atoms with E-state index in [1.807, 2.05) is 53.8 Å². The second-order valence-electron chi connectivity index (χ2n) is 8.03. The summed E-state index contributed by atoms with van der Waals surface area (Å²) in [7, 11) is 0. The number of halogens is 1. The first-order chi connectivity index (χ1) is 14.5. The van der Waals surface area contributed by atoms with E-state index in [0.717, 1.165) is 42.0 Å². The number of hydrogen-bond acceptors (Lipinski definition) is 3. The SMILES string of the molecule is Cc1cc(C)n(Cc2ccc(C(=O)N3CCC[C@H](Nc4cccc(F)c4)C3)cc2)n1. The van der Waals surface area contributed by atoms with Gasteiger partial charge in [-0.05, 0) is 68.7 Å². The van der Waals surface area contributed by atoms with Gasteiger partial charge in [-0.1, -0.05) is 18.2 Å². The van der Waals surface area contributed by atoms with E-state index in [-0.39, 0.29) is 17.8 Å².